The van der Waals surface area contributed by atoms with Gasteiger partial charge in [0.05, 0.1) is 12.5 Å². The molecule has 0 amide bonds. The lowest BCUT2D eigenvalue weighted by atomic mass is 9.75. The predicted octanol–water partition coefficient (Wildman–Crippen LogP) is 4.34. The standard InChI is InChI=1S/C17H12O/c1-2-7-14-12(5-1)13-6-3-4-8-15(13)17-11-18-10-9-16(14)17/h1-11,16H. The van der Waals surface area contributed by atoms with Crippen LogP contribution < -0.4 is 0 Å². The van der Waals surface area contributed by atoms with Crippen LogP contribution in [0.15, 0.2) is 67.1 Å². The van der Waals surface area contributed by atoms with E-state index in [4.69, 9.17) is 4.74 Å². The maximum atomic E-state index is 5.37. The van der Waals surface area contributed by atoms with E-state index >= 15 is 0 Å². The third kappa shape index (κ3) is 1.22. The Balaban J connectivity index is 2.09. The van der Waals surface area contributed by atoms with Gasteiger partial charge in [-0.2, -0.15) is 0 Å². The molecule has 0 fully saturated rings. The molecule has 1 atom stereocenters. The molecular formula is C17H12O. The Morgan fingerprint density at radius 1 is 0.778 bits per heavy atom. The predicted molar refractivity (Wildman–Crippen MR) is 72.8 cm³/mol. The first-order valence-corrected chi connectivity index (χ1v) is 6.16. The highest BCUT2D eigenvalue weighted by molar-refractivity contribution is 5.91. The van der Waals surface area contributed by atoms with E-state index in [1.165, 1.54) is 27.8 Å². The van der Waals surface area contributed by atoms with Crippen LogP contribution in [0.5, 0.6) is 0 Å². The van der Waals surface area contributed by atoms with Crippen LogP contribution >= 0.6 is 0 Å². The number of fused-ring (bicyclic) bond motifs is 6. The van der Waals surface area contributed by atoms with Crippen molar-refractivity contribution in [3.05, 3.63) is 78.3 Å². The smallest absolute Gasteiger partial charge is 0.0948 e. The zero-order valence-electron chi connectivity index (χ0n) is 9.84. The highest BCUT2D eigenvalue weighted by atomic mass is 16.5. The number of allylic oxidation sites excluding steroid dienone is 2. The van der Waals surface area contributed by atoms with Crippen molar-refractivity contribution >= 4 is 5.57 Å². The molecule has 0 N–H and O–H groups in total. The molecule has 0 bridgehead atoms. The molecule has 2 aromatic rings. The Kier molecular flexibility index (Phi) is 1.95. The lowest BCUT2D eigenvalue weighted by molar-refractivity contribution is 0.394. The van der Waals surface area contributed by atoms with Crippen molar-refractivity contribution in [2.24, 2.45) is 0 Å². The third-order valence-electron chi connectivity index (χ3n) is 3.70. The first-order valence-electron chi connectivity index (χ1n) is 6.16. The SMILES string of the molecule is C1=CC2C(=CO1)c1ccccc1-c1ccccc12. The van der Waals surface area contributed by atoms with Gasteiger partial charge in [-0.05, 0) is 28.3 Å². The normalized spacial score (nSPS) is 19.1. The first-order chi connectivity index (χ1) is 8.95. The minimum absolute atomic E-state index is 0.324. The van der Waals surface area contributed by atoms with Gasteiger partial charge in [0.2, 0.25) is 0 Å². The summed E-state index contributed by atoms with van der Waals surface area (Å²) in [7, 11) is 0. The van der Waals surface area contributed by atoms with Crippen molar-refractivity contribution in [3.63, 3.8) is 0 Å². The number of rotatable bonds is 0. The summed E-state index contributed by atoms with van der Waals surface area (Å²) in [6.07, 6.45) is 5.78. The van der Waals surface area contributed by atoms with Crippen LogP contribution in [-0.2, 0) is 4.74 Å². The van der Waals surface area contributed by atoms with E-state index in [0.717, 1.165) is 0 Å². The van der Waals surface area contributed by atoms with Crippen molar-refractivity contribution < 1.29 is 4.74 Å². The molecule has 2 aliphatic rings. The Labute approximate surface area is 106 Å². The van der Waals surface area contributed by atoms with Gasteiger partial charge >= 0.3 is 0 Å². The van der Waals surface area contributed by atoms with Crippen LogP contribution in [0.4, 0.5) is 0 Å². The van der Waals surface area contributed by atoms with E-state index in [0.29, 0.717) is 5.92 Å². The molecule has 18 heavy (non-hydrogen) atoms. The van der Waals surface area contributed by atoms with Crippen LogP contribution in [-0.4, -0.2) is 0 Å². The zero-order chi connectivity index (χ0) is 11.9. The quantitative estimate of drug-likeness (QED) is 0.656. The summed E-state index contributed by atoms with van der Waals surface area (Å²) in [5, 5.41) is 0. The van der Waals surface area contributed by atoms with Gasteiger partial charge in [-0.15, -0.1) is 0 Å². The maximum Gasteiger partial charge on any atom is 0.0948 e. The molecule has 0 saturated carbocycles. The minimum atomic E-state index is 0.324. The summed E-state index contributed by atoms with van der Waals surface area (Å²) in [5.41, 5.74) is 6.54. The van der Waals surface area contributed by atoms with E-state index in [2.05, 4.69) is 54.6 Å². The summed E-state index contributed by atoms with van der Waals surface area (Å²) in [5.74, 6) is 0.324. The van der Waals surface area contributed by atoms with Crippen molar-refractivity contribution in [2.75, 3.05) is 0 Å². The summed E-state index contributed by atoms with van der Waals surface area (Å²) >= 11 is 0. The van der Waals surface area contributed by atoms with Crippen LogP contribution in [0.25, 0.3) is 16.7 Å². The molecule has 1 heteroatoms. The number of ether oxygens (including phenoxy) is 1. The first kappa shape index (κ1) is 9.72. The van der Waals surface area contributed by atoms with Gasteiger partial charge in [0.1, 0.15) is 0 Å². The molecule has 0 saturated heterocycles. The Morgan fingerprint density at radius 2 is 1.50 bits per heavy atom. The highest BCUT2D eigenvalue weighted by Crippen LogP contribution is 2.47. The monoisotopic (exact) mass is 232 g/mol. The van der Waals surface area contributed by atoms with E-state index in [1.807, 2.05) is 6.26 Å². The largest absolute Gasteiger partial charge is 0.473 e. The highest BCUT2D eigenvalue weighted by Gasteiger charge is 2.28. The van der Waals surface area contributed by atoms with Gasteiger partial charge in [-0.1, -0.05) is 48.5 Å². The second-order valence-electron chi connectivity index (χ2n) is 4.65. The van der Waals surface area contributed by atoms with Gasteiger partial charge in [-0.3, -0.25) is 0 Å². The molecule has 0 aromatic heterocycles. The zero-order valence-corrected chi connectivity index (χ0v) is 9.84. The molecule has 0 radical (unpaired) electrons. The van der Waals surface area contributed by atoms with Crippen LogP contribution in [0, 0.1) is 0 Å². The van der Waals surface area contributed by atoms with E-state index in [-0.39, 0.29) is 0 Å². The van der Waals surface area contributed by atoms with Gasteiger partial charge in [-0.25, -0.2) is 0 Å². The lowest BCUT2D eigenvalue weighted by Gasteiger charge is -2.29. The van der Waals surface area contributed by atoms with Crippen LogP contribution in [0.2, 0.25) is 0 Å². The minimum Gasteiger partial charge on any atom is -0.473 e. The lowest BCUT2D eigenvalue weighted by Crippen LogP contribution is -2.10. The van der Waals surface area contributed by atoms with E-state index < -0.39 is 0 Å². The van der Waals surface area contributed by atoms with Crippen LogP contribution in [0.3, 0.4) is 0 Å². The molecule has 1 heterocycles. The van der Waals surface area contributed by atoms with Gasteiger partial charge < -0.3 is 4.74 Å². The summed E-state index contributed by atoms with van der Waals surface area (Å²) in [4.78, 5) is 0. The molecule has 1 aliphatic heterocycles. The summed E-state index contributed by atoms with van der Waals surface area (Å²) < 4.78 is 5.37. The topological polar surface area (TPSA) is 9.23 Å². The van der Waals surface area contributed by atoms with Gasteiger partial charge in [0.15, 0.2) is 0 Å². The van der Waals surface area contributed by atoms with Crippen molar-refractivity contribution in [1.29, 1.82) is 0 Å². The number of benzene rings is 2. The van der Waals surface area contributed by atoms with Gasteiger partial charge in [0.25, 0.3) is 0 Å². The fourth-order valence-electron chi connectivity index (χ4n) is 2.90. The number of hydrogen-bond acceptors (Lipinski definition) is 1. The average molecular weight is 232 g/mol. The Hall–Kier alpha value is -2.28. The van der Waals surface area contributed by atoms with Gasteiger partial charge in [0, 0.05) is 11.5 Å². The second-order valence-corrected chi connectivity index (χ2v) is 4.65. The Morgan fingerprint density at radius 3 is 2.39 bits per heavy atom. The molecule has 1 aliphatic carbocycles. The Bertz CT molecular complexity index is 680. The molecule has 2 aromatic carbocycles. The van der Waals surface area contributed by atoms with Crippen molar-refractivity contribution in [2.45, 2.75) is 5.92 Å². The molecular weight excluding hydrogens is 220 g/mol. The second kappa shape index (κ2) is 3.61. The fraction of sp³-hybridized carbons (Fsp3) is 0.0588. The number of hydrogen-bond donors (Lipinski definition) is 0. The van der Waals surface area contributed by atoms with E-state index in [9.17, 15) is 0 Å². The van der Waals surface area contributed by atoms with Crippen molar-refractivity contribution in [1.82, 2.24) is 0 Å². The summed E-state index contributed by atoms with van der Waals surface area (Å²) in [6, 6.07) is 17.2. The average Bonchev–Trinajstić information content (AvgIpc) is 2.48. The van der Waals surface area contributed by atoms with Crippen molar-refractivity contribution in [3.8, 4) is 11.1 Å². The molecule has 1 unspecified atom stereocenters. The van der Waals surface area contributed by atoms with E-state index in [1.54, 1.807) is 6.26 Å². The molecule has 4 rings (SSSR count). The summed E-state index contributed by atoms with van der Waals surface area (Å²) in [6.45, 7) is 0. The third-order valence-corrected chi connectivity index (χ3v) is 3.70. The fourth-order valence-corrected chi connectivity index (χ4v) is 2.90. The van der Waals surface area contributed by atoms with Crippen LogP contribution in [0.1, 0.15) is 17.0 Å². The molecule has 0 spiro atoms. The maximum absolute atomic E-state index is 5.37. The molecule has 1 nitrogen and oxygen atoms in total. The molecule has 86 valence electrons.